The third-order valence-electron chi connectivity index (χ3n) is 2.00. The first-order valence-corrected chi connectivity index (χ1v) is 5.38. The van der Waals surface area contributed by atoms with E-state index in [1.54, 1.807) is 25.3 Å². The molecule has 0 saturated heterocycles. The molecule has 1 heterocycles. The van der Waals surface area contributed by atoms with Crippen LogP contribution < -0.4 is 4.74 Å². The number of alkyl halides is 1. The SMILES string of the molecule is COc1ccc(Cl)c(-c2noc(CCl)n2)c1. The Bertz CT molecular complexity index is 499. The molecule has 1 aromatic heterocycles. The van der Waals surface area contributed by atoms with Gasteiger partial charge in [0.05, 0.1) is 12.1 Å². The lowest BCUT2D eigenvalue weighted by molar-refractivity contribution is 0.391. The van der Waals surface area contributed by atoms with Crippen LogP contribution in [0.3, 0.4) is 0 Å². The maximum atomic E-state index is 6.03. The van der Waals surface area contributed by atoms with Crippen LogP contribution in [-0.4, -0.2) is 17.3 Å². The summed E-state index contributed by atoms with van der Waals surface area (Å²) in [5.41, 5.74) is 0.654. The zero-order valence-corrected chi connectivity index (χ0v) is 9.92. The van der Waals surface area contributed by atoms with Gasteiger partial charge in [0.15, 0.2) is 0 Å². The molecule has 84 valence electrons. The van der Waals surface area contributed by atoms with Crippen molar-refractivity contribution in [2.45, 2.75) is 5.88 Å². The van der Waals surface area contributed by atoms with Crippen LogP contribution in [-0.2, 0) is 5.88 Å². The van der Waals surface area contributed by atoms with Gasteiger partial charge in [0, 0.05) is 5.56 Å². The Morgan fingerprint density at radius 3 is 2.88 bits per heavy atom. The van der Waals surface area contributed by atoms with Crippen molar-refractivity contribution in [1.29, 1.82) is 0 Å². The number of ether oxygens (including phenoxy) is 1. The second kappa shape index (κ2) is 4.72. The molecule has 0 aliphatic rings. The van der Waals surface area contributed by atoms with Crippen molar-refractivity contribution in [2.24, 2.45) is 0 Å². The van der Waals surface area contributed by atoms with E-state index in [0.717, 1.165) is 0 Å². The van der Waals surface area contributed by atoms with Gasteiger partial charge >= 0.3 is 0 Å². The van der Waals surface area contributed by atoms with E-state index < -0.39 is 0 Å². The molecule has 6 heteroatoms. The lowest BCUT2D eigenvalue weighted by atomic mass is 10.2. The highest BCUT2D eigenvalue weighted by atomic mass is 35.5. The molecule has 0 amide bonds. The first kappa shape index (κ1) is 11.2. The van der Waals surface area contributed by atoms with Crippen LogP contribution in [0.4, 0.5) is 0 Å². The molecule has 0 aliphatic heterocycles. The van der Waals surface area contributed by atoms with Gasteiger partial charge in [0.2, 0.25) is 11.7 Å². The number of hydrogen-bond donors (Lipinski definition) is 0. The Kier molecular flexibility index (Phi) is 3.31. The molecule has 0 radical (unpaired) electrons. The second-order valence-corrected chi connectivity index (χ2v) is 3.67. The summed E-state index contributed by atoms with van der Waals surface area (Å²) < 4.78 is 10.00. The average Bonchev–Trinajstić information content (AvgIpc) is 2.78. The normalized spacial score (nSPS) is 10.4. The number of halogens is 2. The predicted octanol–water partition coefficient (Wildman–Crippen LogP) is 3.14. The molecule has 0 spiro atoms. The van der Waals surface area contributed by atoms with Crippen molar-refractivity contribution in [3.63, 3.8) is 0 Å². The minimum atomic E-state index is 0.175. The van der Waals surface area contributed by atoms with Gasteiger partial charge in [-0.15, -0.1) is 11.6 Å². The van der Waals surface area contributed by atoms with Crippen molar-refractivity contribution in [3.05, 3.63) is 29.1 Å². The molecule has 4 nitrogen and oxygen atoms in total. The van der Waals surface area contributed by atoms with Gasteiger partial charge in [-0.2, -0.15) is 4.98 Å². The predicted molar refractivity (Wildman–Crippen MR) is 60.9 cm³/mol. The van der Waals surface area contributed by atoms with E-state index in [9.17, 15) is 0 Å². The summed E-state index contributed by atoms with van der Waals surface area (Å²) in [4.78, 5) is 4.09. The van der Waals surface area contributed by atoms with Crippen molar-refractivity contribution >= 4 is 23.2 Å². The Hall–Kier alpha value is -1.26. The van der Waals surface area contributed by atoms with Crippen LogP contribution in [0.5, 0.6) is 5.75 Å². The molecular weight excluding hydrogens is 251 g/mol. The zero-order valence-electron chi connectivity index (χ0n) is 8.41. The third kappa shape index (κ3) is 2.13. The van der Waals surface area contributed by atoms with Crippen LogP contribution in [0, 0.1) is 0 Å². The molecule has 0 bridgehead atoms. The van der Waals surface area contributed by atoms with Gasteiger partial charge in [0.25, 0.3) is 0 Å². The standard InChI is InChI=1S/C10H8Cl2N2O2/c1-15-6-2-3-8(12)7(4-6)10-13-9(5-11)16-14-10/h2-4H,5H2,1H3. The molecule has 1 aromatic carbocycles. The summed E-state index contributed by atoms with van der Waals surface area (Å²) in [5, 5.41) is 4.31. The highest BCUT2D eigenvalue weighted by Crippen LogP contribution is 2.29. The lowest BCUT2D eigenvalue weighted by Crippen LogP contribution is -1.87. The summed E-state index contributed by atoms with van der Waals surface area (Å²) in [6, 6.07) is 5.21. The molecule has 0 fully saturated rings. The van der Waals surface area contributed by atoms with Crippen LogP contribution in [0.1, 0.15) is 5.89 Å². The molecule has 16 heavy (non-hydrogen) atoms. The topological polar surface area (TPSA) is 48.2 Å². The highest BCUT2D eigenvalue weighted by molar-refractivity contribution is 6.33. The first-order valence-electron chi connectivity index (χ1n) is 4.47. The molecule has 0 saturated carbocycles. The zero-order chi connectivity index (χ0) is 11.5. The summed E-state index contributed by atoms with van der Waals surface area (Å²) in [5.74, 6) is 1.61. The Balaban J connectivity index is 2.45. The van der Waals surface area contributed by atoms with E-state index in [2.05, 4.69) is 10.1 Å². The summed E-state index contributed by atoms with van der Waals surface area (Å²) in [6.07, 6.45) is 0. The molecule has 2 aromatic rings. The minimum absolute atomic E-state index is 0.175. The maximum Gasteiger partial charge on any atom is 0.241 e. The summed E-state index contributed by atoms with van der Waals surface area (Å²) in [7, 11) is 1.58. The van der Waals surface area contributed by atoms with Gasteiger partial charge in [-0.25, -0.2) is 0 Å². The van der Waals surface area contributed by atoms with Gasteiger partial charge in [0.1, 0.15) is 11.6 Å². The Morgan fingerprint density at radius 1 is 1.44 bits per heavy atom. The smallest absolute Gasteiger partial charge is 0.241 e. The van der Waals surface area contributed by atoms with Crippen LogP contribution in [0.2, 0.25) is 5.02 Å². The van der Waals surface area contributed by atoms with Crippen LogP contribution >= 0.6 is 23.2 Å². The fraction of sp³-hybridized carbons (Fsp3) is 0.200. The third-order valence-corrected chi connectivity index (χ3v) is 2.56. The summed E-state index contributed by atoms with van der Waals surface area (Å²) in [6.45, 7) is 0. The number of benzene rings is 1. The Morgan fingerprint density at radius 2 is 2.25 bits per heavy atom. The quantitative estimate of drug-likeness (QED) is 0.794. The molecule has 0 unspecified atom stereocenters. The monoisotopic (exact) mass is 258 g/mol. The molecule has 0 N–H and O–H groups in total. The average molecular weight is 259 g/mol. The second-order valence-electron chi connectivity index (χ2n) is 2.99. The Labute approximate surface area is 102 Å². The van der Waals surface area contributed by atoms with E-state index in [-0.39, 0.29) is 5.88 Å². The van der Waals surface area contributed by atoms with Gasteiger partial charge in [-0.05, 0) is 18.2 Å². The molecule has 0 atom stereocenters. The van der Waals surface area contributed by atoms with Crippen LogP contribution in [0.15, 0.2) is 22.7 Å². The van der Waals surface area contributed by atoms with Crippen molar-refractivity contribution < 1.29 is 9.26 Å². The summed E-state index contributed by atoms with van der Waals surface area (Å²) >= 11 is 11.6. The minimum Gasteiger partial charge on any atom is -0.497 e. The lowest BCUT2D eigenvalue weighted by Gasteiger charge is -2.02. The highest BCUT2D eigenvalue weighted by Gasteiger charge is 2.12. The van der Waals surface area contributed by atoms with Gasteiger partial charge in [-0.1, -0.05) is 16.8 Å². The number of nitrogens with zero attached hydrogens (tertiary/aromatic N) is 2. The van der Waals surface area contributed by atoms with E-state index in [4.69, 9.17) is 32.5 Å². The van der Waals surface area contributed by atoms with Crippen molar-refractivity contribution in [1.82, 2.24) is 10.1 Å². The first-order chi connectivity index (χ1) is 7.74. The van der Waals surface area contributed by atoms with Crippen molar-refractivity contribution in [2.75, 3.05) is 7.11 Å². The van der Waals surface area contributed by atoms with E-state index in [1.807, 2.05) is 0 Å². The number of hydrogen-bond acceptors (Lipinski definition) is 4. The fourth-order valence-electron chi connectivity index (χ4n) is 1.22. The van der Waals surface area contributed by atoms with E-state index in [1.165, 1.54) is 0 Å². The number of methoxy groups -OCH3 is 1. The molecule has 0 aliphatic carbocycles. The van der Waals surface area contributed by atoms with E-state index in [0.29, 0.717) is 28.1 Å². The van der Waals surface area contributed by atoms with Crippen molar-refractivity contribution in [3.8, 4) is 17.1 Å². The fourth-order valence-corrected chi connectivity index (χ4v) is 1.53. The van der Waals surface area contributed by atoms with Crippen LogP contribution in [0.25, 0.3) is 11.4 Å². The number of aromatic nitrogens is 2. The molecule has 2 rings (SSSR count). The molecular formula is C10H8Cl2N2O2. The number of rotatable bonds is 3. The van der Waals surface area contributed by atoms with E-state index >= 15 is 0 Å². The van der Waals surface area contributed by atoms with Gasteiger partial charge < -0.3 is 9.26 Å². The largest absolute Gasteiger partial charge is 0.497 e. The maximum absolute atomic E-state index is 6.03. The van der Waals surface area contributed by atoms with Gasteiger partial charge in [-0.3, -0.25) is 0 Å².